The van der Waals surface area contributed by atoms with Gasteiger partial charge in [0.05, 0.1) is 12.7 Å². The Morgan fingerprint density at radius 2 is 1.68 bits per heavy atom. The molecule has 2 aromatic carbocycles. The molecule has 0 saturated heterocycles. The first-order valence-corrected chi connectivity index (χ1v) is 8.40. The van der Waals surface area contributed by atoms with E-state index in [0.29, 0.717) is 18.8 Å². The van der Waals surface area contributed by atoms with E-state index in [-0.39, 0.29) is 6.10 Å². The van der Waals surface area contributed by atoms with Gasteiger partial charge in [0.2, 0.25) is 0 Å². The Hall–Kier alpha value is -2.99. The molecule has 0 aromatic heterocycles. The first-order chi connectivity index (χ1) is 12.2. The smallest absolute Gasteiger partial charge is 0.334 e. The Balaban J connectivity index is 2.22. The molecule has 0 saturated carbocycles. The molecule has 2 rings (SSSR count). The van der Waals surface area contributed by atoms with Crippen molar-refractivity contribution < 1.29 is 14.3 Å². The van der Waals surface area contributed by atoms with Crippen LogP contribution >= 0.6 is 0 Å². The van der Waals surface area contributed by atoms with Gasteiger partial charge in [0.15, 0.2) is 6.10 Å². The summed E-state index contributed by atoms with van der Waals surface area (Å²) in [4.78, 5) is 11.9. The molecule has 1 unspecified atom stereocenters. The van der Waals surface area contributed by atoms with Crippen LogP contribution in [0.4, 0.5) is 0 Å². The van der Waals surface area contributed by atoms with Gasteiger partial charge in [0, 0.05) is 11.1 Å². The highest BCUT2D eigenvalue weighted by Crippen LogP contribution is 2.19. The number of benzene rings is 2. The number of carbonyl (C=O) groups is 1. The maximum Gasteiger partial charge on any atom is 0.334 e. The molecule has 0 spiro atoms. The molecule has 0 radical (unpaired) electrons. The molecule has 3 nitrogen and oxygen atoms in total. The maximum atomic E-state index is 11.9. The highest BCUT2D eigenvalue weighted by Gasteiger charge is 2.11. The van der Waals surface area contributed by atoms with Crippen LogP contribution in [0, 0.1) is 11.8 Å². The second kappa shape index (κ2) is 10.00. The number of hydrogen-bond donors (Lipinski definition) is 0. The SMILES string of the molecule is CCOC(=O)/C=C(/OC(C#Cc1ccccc1)CC)c1ccccc1. The lowest BCUT2D eigenvalue weighted by Gasteiger charge is -2.15. The Labute approximate surface area is 149 Å². The third kappa shape index (κ3) is 6.19. The fraction of sp³-hybridized carbons (Fsp3) is 0.227. The van der Waals surface area contributed by atoms with Crippen molar-refractivity contribution in [3.63, 3.8) is 0 Å². The Kier molecular flexibility index (Phi) is 7.34. The predicted molar refractivity (Wildman–Crippen MR) is 99.5 cm³/mol. The molecule has 1 atom stereocenters. The van der Waals surface area contributed by atoms with Crippen LogP contribution < -0.4 is 0 Å². The van der Waals surface area contributed by atoms with Crippen molar-refractivity contribution in [1.82, 2.24) is 0 Å². The van der Waals surface area contributed by atoms with Gasteiger partial charge in [-0.2, -0.15) is 0 Å². The van der Waals surface area contributed by atoms with Gasteiger partial charge < -0.3 is 9.47 Å². The number of esters is 1. The first kappa shape index (κ1) is 18.4. The number of ether oxygens (including phenoxy) is 2. The van der Waals surface area contributed by atoms with Crippen molar-refractivity contribution in [2.45, 2.75) is 26.4 Å². The molecular weight excluding hydrogens is 312 g/mol. The fourth-order valence-electron chi connectivity index (χ4n) is 2.13. The molecule has 0 amide bonds. The summed E-state index contributed by atoms with van der Waals surface area (Å²) >= 11 is 0. The molecule has 0 aliphatic carbocycles. The van der Waals surface area contributed by atoms with E-state index >= 15 is 0 Å². The maximum absolute atomic E-state index is 11.9. The highest BCUT2D eigenvalue weighted by atomic mass is 16.5. The van der Waals surface area contributed by atoms with E-state index in [0.717, 1.165) is 11.1 Å². The lowest BCUT2D eigenvalue weighted by atomic mass is 10.1. The van der Waals surface area contributed by atoms with Crippen molar-refractivity contribution in [3.8, 4) is 11.8 Å². The molecule has 128 valence electrons. The van der Waals surface area contributed by atoms with E-state index in [1.54, 1.807) is 6.92 Å². The summed E-state index contributed by atoms with van der Waals surface area (Å²) in [5.74, 6) is 6.28. The van der Waals surface area contributed by atoms with E-state index in [4.69, 9.17) is 9.47 Å². The second-order valence-corrected chi connectivity index (χ2v) is 5.28. The predicted octanol–water partition coefficient (Wildman–Crippen LogP) is 4.44. The molecule has 0 fully saturated rings. The lowest BCUT2D eigenvalue weighted by molar-refractivity contribution is -0.137. The minimum Gasteiger partial charge on any atom is -0.477 e. The van der Waals surface area contributed by atoms with Crippen LogP contribution in [-0.4, -0.2) is 18.7 Å². The third-order valence-corrected chi connectivity index (χ3v) is 3.39. The van der Waals surface area contributed by atoms with Crippen molar-refractivity contribution in [1.29, 1.82) is 0 Å². The molecule has 0 aliphatic rings. The van der Waals surface area contributed by atoms with E-state index in [9.17, 15) is 4.79 Å². The lowest BCUT2D eigenvalue weighted by Crippen LogP contribution is -2.10. The van der Waals surface area contributed by atoms with Crippen LogP contribution in [0.25, 0.3) is 5.76 Å². The van der Waals surface area contributed by atoms with Gasteiger partial charge in [-0.3, -0.25) is 0 Å². The zero-order valence-corrected chi connectivity index (χ0v) is 14.6. The van der Waals surface area contributed by atoms with Gasteiger partial charge in [-0.05, 0) is 25.5 Å². The summed E-state index contributed by atoms with van der Waals surface area (Å²) in [6, 6.07) is 19.2. The average Bonchev–Trinajstić information content (AvgIpc) is 2.66. The monoisotopic (exact) mass is 334 g/mol. The molecule has 0 N–H and O–H groups in total. The van der Waals surface area contributed by atoms with Gasteiger partial charge >= 0.3 is 5.97 Å². The number of rotatable bonds is 6. The normalized spacial score (nSPS) is 11.8. The zero-order chi connectivity index (χ0) is 17.9. The molecule has 3 heteroatoms. The second-order valence-electron chi connectivity index (χ2n) is 5.28. The van der Waals surface area contributed by atoms with E-state index in [2.05, 4.69) is 11.8 Å². The Morgan fingerprint density at radius 3 is 2.28 bits per heavy atom. The van der Waals surface area contributed by atoms with Gasteiger partial charge in [0.25, 0.3) is 0 Å². The third-order valence-electron chi connectivity index (χ3n) is 3.39. The standard InChI is InChI=1S/C22H22O3/c1-3-20(16-15-18-11-7-5-8-12-18)25-21(17-22(23)24-4-2)19-13-9-6-10-14-19/h5-14,17,20H,3-4H2,1-2H3/b21-17+. The Bertz CT molecular complexity index is 752. The summed E-state index contributed by atoms with van der Waals surface area (Å²) in [5, 5.41) is 0. The fourth-order valence-corrected chi connectivity index (χ4v) is 2.13. The number of hydrogen-bond acceptors (Lipinski definition) is 3. The summed E-state index contributed by atoms with van der Waals surface area (Å²) in [7, 11) is 0. The summed E-state index contributed by atoms with van der Waals surface area (Å²) in [6.07, 6.45) is 1.76. The van der Waals surface area contributed by atoms with E-state index in [1.165, 1.54) is 6.08 Å². The van der Waals surface area contributed by atoms with Crippen LogP contribution in [0.2, 0.25) is 0 Å². The van der Waals surface area contributed by atoms with Crippen LogP contribution in [0.5, 0.6) is 0 Å². The Morgan fingerprint density at radius 1 is 1.04 bits per heavy atom. The minimum absolute atomic E-state index is 0.318. The topological polar surface area (TPSA) is 35.5 Å². The largest absolute Gasteiger partial charge is 0.477 e. The minimum atomic E-state index is -0.424. The van der Waals surface area contributed by atoms with Gasteiger partial charge in [-0.25, -0.2) is 4.79 Å². The molecular formula is C22H22O3. The van der Waals surface area contributed by atoms with Crippen molar-refractivity contribution in [2.75, 3.05) is 6.61 Å². The van der Waals surface area contributed by atoms with Crippen molar-refractivity contribution in [2.24, 2.45) is 0 Å². The quantitative estimate of drug-likeness (QED) is 0.339. The van der Waals surface area contributed by atoms with Crippen LogP contribution in [0.3, 0.4) is 0 Å². The molecule has 2 aromatic rings. The molecule has 25 heavy (non-hydrogen) atoms. The van der Waals surface area contributed by atoms with Crippen molar-refractivity contribution in [3.05, 3.63) is 77.9 Å². The molecule has 0 bridgehead atoms. The van der Waals surface area contributed by atoms with E-state index in [1.807, 2.05) is 67.6 Å². The molecule has 0 heterocycles. The zero-order valence-electron chi connectivity index (χ0n) is 14.6. The summed E-state index contributed by atoms with van der Waals surface area (Å²) in [5.41, 5.74) is 1.75. The van der Waals surface area contributed by atoms with Crippen LogP contribution in [-0.2, 0) is 14.3 Å². The van der Waals surface area contributed by atoms with E-state index < -0.39 is 5.97 Å². The van der Waals surface area contributed by atoms with Crippen LogP contribution in [0.15, 0.2) is 66.7 Å². The van der Waals surface area contributed by atoms with Crippen molar-refractivity contribution >= 4 is 11.7 Å². The van der Waals surface area contributed by atoms with Gasteiger partial charge in [-0.15, -0.1) is 0 Å². The highest BCUT2D eigenvalue weighted by molar-refractivity contribution is 5.89. The number of carbonyl (C=O) groups excluding carboxylic acids is 1. The molecule has 0 aliphatic heterocycles. The van der Waals surface area contributed by atoms with Gasteiger partial charge in [-0.1, -0.05) is 67.3 Å². The van der Waals surface area contributed by atoms with Gasteiger partial charge in [0.1, 0.15) is 5.76 Å². The summed E-state index contributed by atoms with van der Waals surface area (Å²) < 4.78 is 11.0. The summed E-state index contributed by atoms with van der Waals surface area (Å²) in [6.45, 7) is 4.09. The average molecular weight is 334 g/mol. The van der Waals surface area contributed by atoms with Crippen LogP contribution in [0.1, 0.15) is 31.4 Å². The first-order valence-electron chi connectivity index (χ1n) is 8.40.